The molecule has 1 heterocycles. The minimum atomic E-state index is -4.81. The Morgan fingerprint density at radius 1 is 0.957 bits per heavy atom. The fourth-order valence-electron chi connectivity index (χ4n) is 1.78. The maximum atomic E-state index is 12.0. The van der Waals surface area contributed by atoms with Crippen LogP contribution < -0.4 is 10.3 Å². The summed E-state index contributed by atoms with van der Waals surface area (Å²) in [4.78, 5) is 37.0. The number of ketones is 2. The van der Waals surface area contributed by atoms with Crippen molar-refractivity contribution in [2.45, 2.75) is 12.8 Å². The summed E-state index contributed by atoms with van der Waals surface area (Å²) in [6, 6.07) is 6.71. The lowest BCUT2D eigenvalue weighted by Crippen LogP contribution is -2.17. The minimum absolute atomic E-state index is 0.0808. The molecule has 0 saturated carbocycles. The molecule has 0 fully saturated rings. The lowest BCUT2D eigenvalue weighted by molar-refractivity contribution is -0.274. The summed E-state index contributed by atoms with van der Waals surface area (Å²) in [6.45, 7) is 0. The van der Waals surface area contributed by atoms with Gasteiger partial charge in [0, 0.05) is 23.4 Å². The predicted molar refractivity (Wildman–Crippen MR) is 73.5 cm³/mol. The van der Waals surface area contributed by atoms with Gasteiger partial charge < -0.3 is 9.72 Å². The minimum Gasteiger partial charge on any atom is -0.406 e. The van der Waals surface area contributed by atoms with Crippen LogP contribution in [-0.2, 0) is 0 Å². The number of nitrogens with one attached hydrogen (secondary N) is 1. The van der Waals surface area contributed by atoms with Crippen molar-refractivity contribution < 1.29 is 27.5 Å². The van der Waals surface area contributed by atoms with E-state index in [-0.39, 0.29) is 16.7 Å². The number of aromatic nitrogens is 1. The van der Waals surface area contributed by atoms with Crippen molar-refractivity contribution in [3.05, 3.63) is 64.1 Å². The van der Waals surface area contributed by atoms with Crippen molar-refractivity contribution in [2.75, 3.05) is 0 Å². The van der Waals surface area contributed by atoms with Crippen LogP contribution in [0.5, 0.6) is 5.75 Å². The smallest absolute Gasteiger partial charge is 0.406 e. The van der Waals surface area contributed by atoms with Crippen molar-refractivity contribution in [3.63, 3.8) is 0 Å². The molecule has 1 N–H and O–H groups in total. The molecule has 23 heavy (non-hydrogen) atoms. The maximum Gasteiger partial charge on any atom is 0.573 e. The zero-order valence-electron chi connectivity index (χ0n) is 11.5. The van der Waals surface area contributed by atoms with Crippen molar-refractivity contribution >= 4 is 11.6 Å². The SMILES string of the molecule is O=C(CC(=O)c1ccc(=O)[nH]c1)c1ccc(OC(F)(F)F)cc1. The number of ether oxygens (including phenoxy) is 1. The normalized spacial score (nSPS) is 11.1. The van der Waals surface area contributed by atoms with Crippen LogP contribution in [0, 0.1) is 0 Å². The number of benzene rings is 1. The second-order valence-corrected chi connectivity index (χ2v) is 4.54. The fourth-order valence-corrected chi connectivity index (χ4v) is 1.78. The fraction of sp³-hybridized carbons (Fsp3) is 0.133. The molecule has 0 aliphatic carbocycles. The van der Waals surface area contributed by atoms with Crippen LogP contribution in [0.2, 0.25) is 0 Å². The third-order valence-corrected chi connectivity index (χ3v) is 2.84. The molecule has 1 aromatic carbocycles. The van der Waals surface area contributed by atoms with Gasteiger partial charge in [0.1, 0.15) is 5.75 Å². The Kier molecular flexibility index (Phi) is 4.63. The first kappa shape index (κ1) is 16.5. The van der Waals surface area contributed by atoms with E-state index in [1.54, 1.807) is 0 Å². The molecule has 8 heteroatoms. The monoisotopic (exact) mass is 325 g/mol. The molecule has 0 amide bonds. The quantitative estimate of drug-likeness (QED) is 0.677. The molecule has 5 nitrogen and oxygen atoms in total. The number of Topliss-reactive ketones (excluding diaryl/α,β-unsaturated/α-hetero) is 2. The Hall–Kier alpha value is -2.90. The highest BCUT2D eigenvalue weighted by atomic mass is 19.4. The Morgan fingerprint density at radius 2 is 1.52 bits per heavy atom. The number of halogens is 3. The average Bonchev–Trinajstić information content (AvgIpc) is 2.46. The van der Waals surface area contributed by atoms with Gasteiger partial charge in [0.25, 0.3) is 0 Å². The van der Waals surface area contributed by atoms with Crippen molar-refractivity contribution in [1.82, 2.24) is 4.98 Å². The van der Waals surface area contributed by atoms with E-state index in [2.05, 4.69) is 9.72 Å². The molecule has 0 aliphatic rings. The zero-order chi connectivity index (χ0) is 17.0. The van der Waals surface area contributed by atoms with Crippen molar-refractivity contribution in [3.8, 4) is 5.75 Å². The van der Waals surface area contributed by atoms with E-state index in [1.807, 2.05) is 0 Å². The second kappa shape index (κ2) is 6.47. The van der Waals surface area contributed by atoms with E-state index < -0.39 is 30.1 Å². The lowest BCUT2D eigenvalue weighted by atomic mass is 10.0. The van der Waals surface area contributed by atoms with Gasteiger partial charge in [-0.2, -0.15) is 0 Å². The number of H-pyrrole nitrogens is 1. The topological polar surface area (TPSA) is 76.2 Å². The Balaban J connectivity index is 2.04. The summed E-state index contributed by atoms with van der Waals surface area (Å²) in [5, 5.41) is 0. The first-order valence-corrected chi connectivity index (χ1v) is 6.35. The highest BCUT2D eigenvalue weighted by molar-refractivity contribution is 6.13. The van der Waals surface area contributed by atoms with Gasteiger partial charge in [-0.15, -0.1) is 13.2 Å². The first-order chi connectivity index (χ1) is 10.7. The average molecular weight is 325 g/mol. The van der Waals surface area contributed by atoms with Gasteiger partial charge >= 0.3 is 6.36 Å². The number of hydrogen-bond donors (Lipinski definition) is 1. The summed E-state index contributed by atoms with van der Waals surface area (Å²) in [5.41, 5.74) is -0.139. The number of aromatic amines is 1. The summed E-state index contributed by atoms with van der Waals surface area (Å²) >= 11 is 0. The van der Waals surface area contributed by atoms with E-state index in [1.165, 1.54) is 12.3 Å². The molecule has 2 rings (SSSR count). The van der Waals surface area contributed by atoms with Gasteiger partial charge in [0.2, 0.25) is 5.56 Å². The molecule has 0 saturated heterocycles. The molecule has 0 unspecified atom stereocenters. The van der Waals surface area contributed by atoms with E-state index >= 15 is 0 Å². The maximum absolute atomic E-state index is 12.0. The highest BCUT2D eigenvalue weighted by Crippen LogP contribution is 2.23. The third-order valence-electron chi connectivity index (χ3n) is 2.84. The molecule has 0 atom stereocenters. The number of rotatable bonds is 5. The first-order valence-electron chi connectivity index (χ1n) is 6.35. The Morgan fingerprint density at radius 3 is 2.04 bits per heavy atom. The van der Waals surface area contributed by atoms with Crippen LogP contribution in [0.1, 0.15) is 27.1 Å². The highest BCUT2D eigenvalue weighted by Gasteiger charge is 2.31. The lowest BCUT2D eigenvalue weighted by Gasteiger charge is -2.08. The summed E-state index contributed by atoms with van der Waals surface area (Å²) < 4.78 is 39.8. The number of carbonyl (C=O) groups excluding carboxylic acids is 2. The Labute approximate surface area is 127 Å². The molecular weight excluding hydrogens is 315 g/mol. The summed E-state index contributed by atoms with van der Waals surface area (Å²) in [6.07, 6.45) is -4.09. The van der Waals surface area contributed by atoms with Crippen LogP contribution in [-0.4, -0.2) is 22.9 Å². The summed E-state index contributed by atoms with van der Waals surface area (Å²) in [7, 11) is 0. The molecule has 0 aliphatic heterocycles. The van der Waals surface area contributed by atoms with Crippen LogP contribution in [0.25, 0.3) is 0 Å². The molecular formula is C15H10F3NO4. The van der Waals surface area contributed by atoms with Crippen molar-refractivity contribution in [2.24, 2.45) is 0 Å². The second-order valence-electron chi connectivity index (χ2n) is 4.54. The zero-order valence-corrected chi connectivity index (χ0v) is 11.5. The molecule has 120 valence electrons. The molecule has 1 aromatic heterocycles. The number of hydrogen-bond acceptors (Lipinski definition) is 4. The largest absolute Gasteiger partial charge is 0.573 e. The van der Waals surface area contributed by atoms with E-state index in [9.17, 15) is 27.6 Å². The van der Waals surface area contributed by atoms with Gasteiger partial charge in [-0.25, -0.2) is 0 Å². The Bertz CT molecular complexity index is 758. The standard InChI is InChI=1S/C15H10F3NO4/c16-15(17,18)23-11-4-1-9(2-5-11)12(20)7-13(21)10-3-6-14(22)19-8-10/h1-6,8H,7H2,(H,19,22). The van der Waals surface area contributed by atoms with E-state index in [4.69, 9.17) is 0 Å². The van der Waals surface area contributed by atoms with Crippen molar-refractivity contribution in [1.29, 1.82) is 0 Å². The molecule has 0 radical (unpaired) electrons. The molecule has 0 bridgehead atoms. The number of carbonyl (C=O) groups is 2. The van der Waals surface area contributed by atoms with Crippen LogP contribution >= 0.6 is 0 Å². The van der Waals surface area contributed by atoms with Crippen LogP contribution in [0.4, 0.5) is 13.2 Å². The van der Waals surface area contributed by atoms with Gasteiger partial charge in [0.05, 0.1) is 6.42 Å². The predicted octanol–water partition coefficient (Wildman–Crippen LogP) is 2.73. The van der Waals surface area contributed by atoms with Gasteiger partial charge in [-0.05, 0) is 30.3 Å². The number of alkyl halides is 3. The van der Waals surface area contributed by atoms with Crippen LogP contribution in [0.3, 0.4) is 0 Å². The van der Waals surface area contributed by atoms with Gasteiger partial charge in [-0.1, -0.05) is 0 Å². The summed E-state index contributed by atoms with van der Waals surface area (Å²) in [5.74, 6) is -1.53. The molecule has 0 spiro atoms. The van der Waals surface area contributed by atoms with E-state index in [0.717, 1.165) is 30.3 Å². The van der Waals surface area contributed by atoms with Crippen LogP contribution in [0.15, 0.2) is 47.4 Å². The van der Waals surface area contributed by atoms with Gasteiger partial charge in [0.15, 0.2) is 11.6 Å². The third kappa shape index (κ3) is 4.80. The van der Waals surface area contributed by atoms with E-state index in [0.29, 0.717) is 0 Å². The number of pyridine rings is 1. The van der Waals surface area contributed by atoms with Gasteiger partial charge in [-0.3, -0.25) is 14.4 Å². The molecule has 2 aromatic rings.